The Balaban J connectivity index is 3.11. The van der Waals surface area contributed by atoms with Crippen molar-refractivity contribution >= 4 is 11.6 Å². The standard InChI is InChI=1S/C12H14N2O/c1-3-9-6-5-7-10(4-2)12(9)14-11(15)8-13/h5-7H,3-4H2,1-2H3,(H,14,15). The highest BCUT2D eigenvalue weighted by Gasteiger charge is 2.08. The van der Waals surface area contributed by atoms with Crippen LogP contribution in [-0.4, -0.2) is 5.91 Å². The van der Waals surface area contributed by atoms with Gasteiger partial charge < -0.3 is 5.32 Å². The molecule has 0 bridgehead atoms. The molecule has 0 aliphatic heterocycles. The lowest BCUT2D eigenvalue weighted by atomic mass is 10.0. The molecule has 0 unspecified atom stereocenters. The first-order chi connectivity index (χ1) is 7.22. The van der Waals surface area contributed by atoms with E-state index in [1.165, 1.54) is 0 Å². The van der Waals surface area contributed by atoms with Crippen LogP contribution in [0.3, 0.4) is 0 Å². The number of benzene rings is 1. The second-order valence-electron chi connectivity index (χ2n) is 3.22. The summed E-state index contributed by atoms with van der Waals surface area (Å²) < 4.78 is 0. The zero-order valence-corrected chi connectivity index (χ0v) is 9.00. The third kappa shape index (κ3) is 2.57. The maximum absolute atomic E-state index is 11.0. The molecule has 1 N–H and O–H groups in total. The van der Waals surface area contributed by atoms with Gasteiger partial charge in [-0.3, -0.25) is 4.79 Å². The minimum absolute atomic E-state index is 0.606. The number of amides is 1. The van der Waals surface area contributed by atoms with Gasteiger partial charge in [0, 0.05) is 5.69 Å². The molecule has 0 radical (unpaired) electrons. The third-order valence-electron chi connectivity index (χ3n) is 2.34. The van der Waals surface area contributed by atoms with Gasteiger partial charge in [0.2, 0.25) is 0 Å². The van der Waals surface area contributed by atoms with Crippen molar-refractivity contribution in [3.05, 3.63) is 29.3 Å². The number of nitrogens with one attached hydrogen (secondary N) is 1. The fourth-order valence-corrected chi connectivity index (χ4v) is 1.54. The molecule has 78 valence electrons. The summed E-state index contributed by atoms with van der Waals surface area (Å²) in [6.07, 6.45) is 1.68. The number of hydrogen-bond acceptors (Lipinski definition) is 2. The van der Waals surface area contributed by atoms with Crippen LogP contribution in [0.5, 0.6) is 0 Å². The Morgan fingerprint density at radius 3 is 2.27 bits per heavy atom. The summed E-state index contributed by atoms with van der Waals surface area (Å²) in [4.78, 5) is 11.0. The van der Waals surface area contributed by atoms with Crippen LogP contribution in [0.25, 0.3) is 0 Å². The number of anilines is 1. The summed E-state index contributed by atoms with van der Waals surface area (Å²) in [5.74, 6) is -0.606. The van der Waals surface area contributed by atoms with Crippen LogP contribution in [0.15, 0.2) is 18.2 Å². The number of aryl methyl sites for hydroxylation is 2. The zero-order chi connectivity index (χ0) is 11.3. The van der Waals surface area contributed by atoms with Crippen molar-refractivity contribution < 1.29 is 4.79 Å². The highest BCUT2D eigenvalue weighted by molar-refractivity contribution is 6.03. The van der Waals surface area contributed by atoms with Gasteiger partial charge in [0.15, 0.2) is 6.07 Å². The molecule has 0 saturated carbocycles. The van der Waals surface area contributed by atoms with Gasteiger partial charge >= 0.3 is 5.91 Å². The fourth-order valence-electron chi connectivity index (χ4n) is 1.54. The average molecular weight is 202 g/mol. The molecular weight excluding hydrogens is 188 g/mol. The topological polar surface area (TPSA) is 52.9 Å². The first-order valence-electron chi connectivity index (χ1n) is 5.04. The highest BCUT2D eigenvalue weighted by atomic mass is 16.1. The summed E-state index contributed by atoms with van der Waals surface area (Å²) in [5.41, 5.74) is 2.94. The highest BCUT2D eigenvalue weighted by Crippen LogP contribution is 2.22. The zero-order valence-electron chi connectivity index (χ0n) is 9.00. The fraction of sp³-hybridized carbons (Fsp3) is 0.333. The molecule has 0 aromatic heterocycles. The monoisotopic (exact) mass is 202 g/mol. The summed E-state index contributed by atoms with van der Waals surface area (Å²) in [5, 5.41) is 11.1. The normalized spacial score (nSPS) is 9.40. The molecule has 0 aliphatic carbocycles. The van der Waals surface area contributed by atoms with Crippen LogP contribution in [0.2, 0.25) is 0 Å². The Hall–Kier alpha value is -1.82. The molecule has 15 heavy (non-hydrogen) atoms. The van der Waals surface area contributed by atoms with Gasteiger partial charge in [-0.15, -0.1) is 0 Å². The first-order valence-corrected chi connectivity index (χ1v) is 5.04. The number of nitrogens with zero attached hydrogens (tertiary/aromatic N) is 1. The maximum atomic E-state index is 11.0. The van der Waals surface area contributed by atoms with Crippen LogP contribution in [0.1, 0.15) is 25.0 Å². The Morgan fingerprint density at radius 2 is 1.87 bits per heavy atom. The first kappa shape index (κ1) is 11.3. The summed E-state index contributed by atoms with van der Waals surface area (Å²) in [7, 11) is 0. The predicted molar refractivity (Wildman–Crippen MR) is 59.4 cm³/mol. The van der Waals surface area contributed by atoms with Gasteiger partial charge in [-0.25, -0.2) is 0 Å². The lowest BCUT2D eigenvalue weighted by Gasteiger charge is -2.11. The van der Waals surface area contributed by atoms with E-state index in [1.54, 1.807) is 6.07 Å². The second kappa shape index (κ2) is 5.16. The molecule has 0 saturated heterocycles. The van der Waals surface area contributed by atoms with Gasteiger partial charge in [0.25, 0.3) is 0 Å². The van der Waals surface area contributed by atoms with E-state index >= 15 is 0 Å². The number of nitriles is 1. The molecule has 0 heterocycles. The van der Waals surface area contributed by atoms with Gasteiger partial charge in [0.05, 0.1) is 0 Å². The van der Waals surface area contributed by atoms with Crippen LogP contribution in [0, 0.1) is 11.3 Å². The molecule has 0 atom stereocenters. The van der Waals surface area contributed by atoms with Gasteiger partial charge in [-0.2, -0.15) is 5.26 Å². The van der Waals surface area contributed by atoms with Crippen LogP contribution < -0.4 is 5.32 Å². The number of hydrogen-bond donors (Lipinski definition) is 1. The van der Waals surface area contributed by atoms with Gasteiger partial charge in [-0.1, -0.05) is 32.0 Å². The van der Waals surface area contributed by atoms with E-state index in [2.05, 4.69) is 5.32 Å². The Labute approximate surface area is 89.7 Å². The minimum Gasteiger partial charge on any atom is -0.313 e. The molecule has 1 rings (SSSR count). The van der Waals surface area contributed by atoms with E-state index in [-0.39, 0.29) is 0 Å². The number of carbonyl (C=O) groups is 1. The Bertz CT molecular complexity index is 382. The van der Waals surface area contributed by atoms with Crippen LogP contribution in [0.4, 0.5) is 5.69 Å². The molecular formula is C12H14N2O. The van der Waals surface area contributed by atoms with E-state index in [0.717, 1.165) is 29.7 Å². The van der Waals surface area contributed by atoms with Crippen molar-refractivity contribution in [2.24, 2.45) is 0 Å². The molecule has 0 aliphatic rings. The average Bonchev–Trinajstić information content (AvgIpc) is 2.29. The summed E-state index contributed by atoms with van der Waals surface area (Å²) in [6.45, 7) is 4.05. The SMILES string of the molecule is CCc1cccc(CC)c1NC(=O)C#N. The van der Waals surface area contributed by atoms with Crippen molar-refractivity contribution in [3.8, 4) is 6.07 Å². The molecule has 1 amide bonds. The van der Waals surface area contributed by atoms with Crippen LogP contribution in [-0.2, 0) is 17.6 Å². The van der Waals surface area contributed by atoms with Crippen molar-refractivity contribution in [1.82, 2.24) is 0 Å². The minimum atomic E-state index is -0.606. The Kier molecular flexibility index (Phi) is 3.87. The maximum Gasteiger partial charge on any atom is 0.326 e. The molecule has 1 aromatic carbocycles. The van der Waals surface area contributed by atoms with Gasteiger partial charge in [0.1, 0.15) is 0 Å². The third-order valence-corrected chi connectivity index (χ3v) is 2.34. The lowest BCUT2D eigenvalue weighted by Crippen LogP contribution is -2.11. The number of para-hydroxylation sites is 1. The summed E-state index contributed by atoms with van der Waals surface area (Å²) >= 11 is 0. The number of rotatable bonds is 3. The quantitative estimate of drug-likeness (QED) is 0.764. The number of carbonyl (C=O) groups excluding carboxylic acids is 1. The van der Waals surface area contributed by atoms with Crippen molar-refractivity contribution in [2.45, 2.75) is 26.7 Å². The van der Waals surface area contributed by atoms with Crippen LogP contribution >= 0.6 is 0 Å². The molecule has 1 aromatic rings. The Morgan fingerprint density at radius 1 is 1.33 bits per heavy atom. The summed E-state index contributed by atoms with van der Waals surface area (Å²) in [6, 6.07) is 7.47. The largest absolute Gasteiger partial charge is 0.326 e. The lowest BCUT2D eigenvalue weighted by molar-refractivity contribution is -0.111. The van der Waals surface area contributed by atoms with E-state index in [1.807, 2.05) is 32.0 Å². The van der Waals surface area contributed by atoms with E-state index in [9.17, 15) is 4.79 Å². The predicted octanol–water partition coefficient (Wildman–Crippen LogP) is 2.27. The van der Waals surface area contributed by atoms with E-state index in [0.29, 0.717) is 0 Å². The molecule has 0 fully saturated rings. The molecule has 0 spiro atoms. The van der Waals surface area contributed by atoms with Gasteiger partial charge in [-0.05, 0) is 24.0 Å². The van der Waals surface area contributed by atoms with Crippen molar-refractivity contribution in [2.75, 3.05) is 5.32 Å². The van der Waals surface area contributed by atoms with E-state index in [4.69, 9.17) is 5.26 Å². The van der Waals surface area contributed by atoms with E-state index < -0.39 is 5.91 Å². The van der Waals surface area contributed by atoms with Crippen molar-refractivity contribution in [1.29, 1.82) is 5.26 Å². The van der Waals surface area contributed by atoms with Crippen molar-refractivity contribution in [3.63, 3.8) is 0 Å². The molecule has 3 heteroatoms. The molecule has 3 nitrogen and oxygen atoms in total. The smallest absolute Gasteiger partial charge is 0.313 e. The second-order valence-corrected chi connectivity index (χ2v) is 3.22.